The van der Waals surface area contributed by atoms with E-state index >= 15 is 0 Å². The molecule has 5 nitrogen and oxygen atoms in total. The van der Waals surface area contributed by atoms with E-state index in [1.54, 1.807) is 4.90 Å². The second-order valence-corrected chi connectivity index (χ2v) is 4.64. The van der Waals surface area contributed by atoms with Gasteiger partial charge in [0.15, 0.2) is 0 Å². The van der Waals surface area contributed by atoms with Crippen LogP contribution in [0.2, 0.25) is 0 Å². The summed E-state index contributed by atoms with van der Waals surface area (Å²) in [5, 5.41) is 2.80. The molecule has 0 aromatic carbocycles. The molecule has 0 atom stereocenters. The second kappa shape index (κ2) is 6.37. The Bertz CT molecular complexity index is 307. The molecule has 1 aliphatic heterocycles. The second-order valence-electron chi connectivity index (χ2n) is 4.64. The van der Waals surface area contributed by atoms with Gasteiger partial charge in [0.05, 0.1) is 6.42 Å². The molecule has 0 saturated carbocycles. The van der Waals surface area contributed by atoms with Crippen LogP contribution in [0.4, 0.5) is 0 Å². The zero-order chi connectivity index (χ0) is 12.8. The number of hydrogen-bond donors (Lipinski definition) is 1. The number of carbonyl (C=O) groups excluding carboxylic acids is 3. The van der Waals surface area contributed by atoms with Crippen LogP contribution in [0.5, 0.6) is 0 Å². The minimum absolute atomic E-state index is 0.0103. The van der Waals surface area contributed by atoms with Gasteiger partial charge < -0.3 is 10.2 Å². The van der Waals surface area contributed by atoms with Crippen molar-refractivity contribution in [2.75, 3.05) is 19.6 Å². The van der Waals surface area contributed by atoms with E-state index in [-0.39, 0.29) is 24.0 Å². The van der Waals surface area contributed by atoms with Gasteiger partial charge in [-0.25, -0.2) is 0 Å². The Morgan fingerprint density at radius 1 is 1.18 bits per heavy atom. The van der Waals surface area contributed by atoms with Crippen LogP contribution < -0.4 is 5.32 Å². The van der Waals surface area contributed by atoms with Gasteiger partial charge in [0.1, 0.15) is 5.78 Å². The standard InChI is InChI=1S/C12H20N2O3/c1-9(15)7-12(17)14-5-3-11(4-6-14)8-13-10(2)16/h11H,3-8H2,1-2H3,(H,13,16). The predicted octanol–water partition coefficient (Wildman–Crippen LogP) is 0.340. The van der Waals surface area contributed by atoms with Gasteiger partial charge in [-0.15, -0.1) is 0 Å². The van der Waals surface area contributed by atoms with E-state index in [9.17, 15) is 14.4 Å². The average Bonchev–Trinajstić information content (AvgIpc) is 2.26. The quantitative estimate of drug-likeness (QED) is 0.721. The summed E-state index contributed by atoms with van der Waals surface area (Å²) in [5.74, 6) is 0.270. The van der Waals surface area contributed by atoms with Gasteiger partial charge in [0.25, 0.3) is 0 Å². The largest absolute Gasteiger partial charge is 0.356 e. The Kier molecular flexibility index (Phi) is 5.12. The van der Waals surface area contributed by atoms with Crippen LogP contribution in [0.15, 0.2) is 0 Å². The number of piperidine rings is 1. The number of nitrogens with one attached hydrogen (secondary N) is 1. The molecule has 1 N–H and O–H groups in total. The van der Waals surface area contributed by atoms with Crippen molar-refractivity contribution in [1.29, 1.82) is 0 Å². The first kappa shape index (κ1) is 13.7. The summed E-state index contributed by atoms with van der Waals surface area (Å²) in [5.41, 5.74) is 0. The minimum atomic E-state index is -0.0876. The highest BCUT2D eigenvalue weighted by molar-refractivity contribution is 5.96. The van der Waals surface area contributed by atoms with Crippen molar-refractivity contribution < 1.29 is 14.4 Å². The molecular formula is C12H20N2O3. The predicted molar refractivity (Wildman–Crippen MR) is 63.3 cm³/mol. The van der Waals surface area contributed by atoms with Crippen molar-refractivity contribution in [3.63, 3.8) is 0 Å². The van der Waals surface area contributed by atoms with Crippen molar-refractivity contribution in [2.24, 2.45) is 5.92 Å². The molecule has 0 radical (unpaired) electrons. The number of amides is 2. The third kappa shape index (κ3) is 4.97. The van der Waals surface area contributed by atoms with E-state index in [0.717, 1.165) is 12.8 Å². The van der Waals surface area contributed by atoms with Gasteiger partial charge >= 0.3 is 0 Å². The molecule has 0 spiro atoms. The van der Waals surface area contributed by atoms with Gasteiger partial charge in [-0.1, -0.05) is 0 Å². The molecule has 0 aromatic heterocycles. The van der Waals surface area contributed by atoms with Crippen molar-refractivity contribution in [2.45, 2.75) is 33.1 Å². The fraction of sp³-hybridized carbons (Fsp3) is 0.750. The maximum absolute atomic E-state index is 11.6. The molecule has 0 unspecified atom stereocenters. The number of hydrogen-bond acceptors (Lipinski definition) is 3. The Hall–Kier alpha value is -1.39. The number of likely N-dealkylation sites (tertiary alicyclic amines) is 1. The van der Waals surface area contributed by atoms with Gasteiger partial charge in [-0.3, -0.25) is 14.4 Å². The summed E-state index contributed by atoms with van der Waals surface area (Å²) in [7, 11) is 0. The number of ketones is 1. The summed E-state index contributed by atoms with van der Waals surface area (Å²) >= 11 is 0. The maximum Gasteiger partial charge on any atom is 0.230 e. The van der Waals surface area contributed by atoms with Gasteiger partial charge in [0, 0.05) is 26.6 Å². The molecular weight excluding hydrogens is 220 g/mol. The third-order valence-corrected chi connectivity index (χ3v) is 3.01. The van der Waals surface area contributed by atoms with E-state index in [1.165, 1.54) is 13.8 Å². The third-order valence-electron chi connectivity index (χ3n) is 3.01. The number of carbonyl (C=O) groups is 3. The fourth-order valence-electron chi connectivity index (χ4n) is 2.00. The van der Waals surface area contributed by atoms with Crippen LogP contribution in [0.25, 0.3) is 0 Å². The smallest absolute Gasteiger partial charge is 0.230 e. The van der Waals surface area contributed by atoms with E-state index < -0.39 is 0 Å². The van der Waals surface area contributed by atoms with E-state index in [0.29, 0.717) is 25.6 Å². The molecule has 17 heavy (non-hydrogen) atoms. The lowest BCUT2D eigenvalue weighted by Crippen LogP contribution is -2.41. The van der Waals surface area contributed by atoms with Crippen molar-refractivity contribution >= 4 is 17.6 Å². The molecule has 0 aliphatic carbocycles. The molecule has 1 rings (SSSR count). The number of nitrogens with zero attached hydrogens (tertiary/aromatic N) is 1. The first-order valence-electron chi connectivity index (χ1n) is 6.00. The van der Waals surface area contributed by atoms with Gasteiger partial charge in [-0.2, -0.15) is 0 Å². The highest BCUT2D eigenvalue weighted by Crippen LogP contribution is 2.17. The van der Waals surface area contributed by atoms with Crippen LogP contribution in [0.3, 0.4) is 0 Å². The Labute approximate surface area is 102 Å². The summed E-state index contributed by atoms with van der Waals surface area (Å²) < 4.78 is 0. The molecule has 5 heteroatoms. The first-order chi connectivity index (χ1) is 7.99. The molecule has 1 aliphatic rings. The van der Waals surface area contributed by atoms with E-state index in [1.807, 2.05) is 0 Å². The molecule has 2 amide bonds. The highest BCUT2D eigenvalue weighted by Gasteiger charge is 2.23. The number of rotatable bonds is 4. The lowest BCUT2D eigenvalue weighted by molar-refractivity contribution is -0.136. The minimum Gasteiger partial charge on any atom is -0.356 e. The van der Waals surface area contributed by atoms with E-state index in [2.05, 4.69) is 5.32 Å². The average molecular weight is 240 g/mol. The van der Waals surface area contributed by atoms with E-state index in [4.69, 9.17) is 0 Å². The fourth-order valence-corrected chi connectivity index (χ4v) is 2.00. The van der Waals surface area contributed by atoms with Gasteiger partial charge in [-0.05, 0) is 25.7 Å². The zero-order valence-electron chi connectivity index (χ0n) is 10.5. The van der Waals surface area contributed by atoms with Crippen LogP contribution in [-0.4, -0.2) is 42.1 Å². The molecule has 1 fully saturated rings. The Balaban J connectivity index is 2.27. The summed E-state index contributed by atoms with van der Waals surface area (Å²) in [6.07, 6.45) is 1.80. The van der Waals surface area contributed by atoms with Crippen molar-refractivity contribution in [1.82, 2.24) is 10.2 Å². The summed E-state index contributed by atoms with van der Waals surface area (Å²) in [6.45, 7) is 5.00. The normalized spacial score (nSPS) is 16.7. The summed E-state index contributed by atoms with van der Waals surface area (Å²) in [4.78, 5) is 35.0. The van der Waals surface area contributed by atoms with Crippen LogP contribution in [-0.2, 0) is 14.4 Å². The first-order valence-corrected chi connectivity index (χ1v) is 6.00. The van der Waals surface area contributed by atoms with Crippen molar-refractivity contribution in [3.8, 4) is 0 Å². The van der Waals surface area contributed by atoms with Crippen LogP contribution in [0.1, 0.15) is 33.1 Å². The molecule has 0 bridgehead atoms. The molecule has 96 valence electrons. The lowest BCUT2D eigenvalue weighted by atomic mass is 9.96. The monoisotopic (exact) mass is 240 g/mol. The van der Waals surface area contributed by atoms with Crippen molar-refractivity contribution in [3.05, 3.63) is 0 Å². The Morgan fingerprint density at radius 3 is 2.24 bits per heavy atom. The SMILES string of the molecule is CC(=O)CC(=O)N1CCC(CNC(C)=O)CC1. The molecule has 1 saturated heterocycles. The Morgan fingerprint density at radius 2 is 1.76 bits per heavy atom. The zero-order valence-corrected chi connectivity index (χ0v) is 10.5. The number of Topliss-reactive ketones (excluding diaryl/α,β-unsaturated/α-hetero) is 1. The van der Waals surface area contributed by atoms with Crippen LogP contribution >= 0.6 is 0 Å². The lowest BCUT2D eigenvalue weighted by Gasteiger charge is -2.31. The van der Waals surface area contributed by atoms with Gasteiger partial charge in [0.2, 0.25) is 11.8 Å². The highest BCUT2D eigenvalue weighted by atomic mass is 16.2. The maximum atomic E-state index is 11.6. The molecule has 0 aromatic rings. The molecule has 1 heterocycles. The summed E-state index contributed by atoms with van der Waals surface area (Å²) in [6, 6.07) is 0. The van der Waals surface area contributed by atoms with Crippen LogP contribution in [0, 0.1) is 5.92 Å². The topological polar surface area (TPSA) is 66.5 Å².